The number of thioether (sulfide) groups is 1. The Kier molecular flexibility index (Phi) is 5.53. The van der Waals surface area contributed by atoms with Gasteiger partial charge in [-0.25, -0.2) is 9.97 Å². The molecule has 0 spiro atoms. The number of benzene rings is 1. The maximum atomic E-state index is 12.0. The number of carbonyl (C=O) groups is 1. The molecule has 0 aliphatic carbocycles. The lowest BCUT2D eigenvalue weighted by Crippen LogP contribution is -2.13. The average molecular weight is 377 g/mol. The standard InChI is InChI=1S/C17H17BrN2OS/c1-17(2,3)15-8-10-19-16(20-15)22-11-9-14(21)12-4-6-13(18)7-5-12/h4-11H,1-3H3/b11-9-. The molecular weight excluding hydrogens is 360 g/mol. The average Bonchev–Trinajstić information content (AvgIpc) is 2.47. The highest BCUT2D eigenvalue weighted by Gasteiger charge is 2.15. The summed E-state index contributed by atoms with van der Waals surface area (Å²) >= 11 is 4.69. The van der Waals surface area contributed by atoms with E-state index < -0.39 is 0 Å². The molecule has 0 radical (unpaired) electrons. The van der Waals surface area contributed by atoms with Crippen molar-refractivity contribution in [1.29, 1.82) is 0 Å². The molecule has 0 atom stereocenters. The Morgan fingerprint density at radius 2 is 1.86 bits per heavy atom. The normalized spacial score (nSPS) is 11.8. The van der Waals surface area contributed by atoms with Crippen LogP contribution >= 0.6 is 27.7 Å². The molecule has 1 aromatic heterocycles. The quantitative estimate of drug-likeness (QED) is 0.325. The molecule has 0 amide bonds. The molecule has 5 heteroatoms. The summed E-state index contributed by atoms with van der Waals surface area (Å²) in [5.74, 6) is -0.0352. The van der Waals surface area contributed by atoms with Crippen LogP contribution in [-0.4, -0.2) is 15.8 Å². The van der Waals surface area contributed by atoms with Crippen LogP contribution in [0, 0.1) is 0 Å². The van der Waals surface area contributed by atoms with Crippen LogP contribution in [0.1, 0.15) is 36.8 Å². The summed E-state index contributed by atoms with van der Waals surface area (Å²) in [4.78, 5) is 20.7. The van der Waals surface area contributed by atoms with Crippen LogP contribution in [0.2, 0.25) is 0 Å². The van der Waals surface area contributed by atoms with Crippen LogP contribution in [0.4, 0.5) is 0 Å². The zero-order valence-corrected chi connectivity index (χ0v) is 15.1. The number of halogens is 1. The fraction of sp³-hybridized carbons (Fsp3) is 0.235. The van der Waals surface area contributed by atoms with Gasteiger partial charge in [-0.15, -0.1) is 0 Å². The number of aromatic nitrogens is 2. The first-order chi connectivity index (χ1) is 10.4. The molecule has 0 fully saturated rings. The maximum Gasteiger partial charge on any atom is 0.192 e. The molecule has 1 aromatic carbocycles. The Morgan fingerprint density at radius 1 is 1.18 bits per heavy atom. The lowest BCUT2D eigenvalue weighted by atomic mass is 9.92. The van der Waals surface area contributed by atoms with Crippen molar-refractivity contribution >= 4 is 33.5 Å². The molecule has 0 saturated heterocycles. The number of hydrogen-bond donors (Lipinski definition) is 0. The maximum absolute atomic E-state index is 12.0. The van der Waals surface area contributed by atoms with Gasteiger partial charge in [0.05, 0.1) is 5.69 Å². The summed E-state index contributed by atoms with van der Waals surface area (Å²) in [5.41, 5.74) is 1.62. The van der Waals surface area contributed by atoms with Crippen LogP contribution in [0.5, 0.6) is 0 Å². The van der Waals surface area contributed by atoms with E-state index in [0.29, 0.717) is 10.7 Å². The van der Waals surface area contributed by atoms with Gasteiger partial charge >= 0.3 is 0 Å². The van der Waals surface area contributed by atoms with E-state index in [1.807, 2.05) is 18.2 Å². The summed E-state index contributed by atoms with van der Waals surface area (Å²) in [6.45, 7) is 6.32. The third-order valence-electron chi connectivity index (χ3n) is 2.92. The molecular formula is C17H17BrN2OS. The Balaban J connectivity index is 2.03. The zero-order valence-electron chi connectivity index (χ0n) is 12.7. The second kappa shape index (κ2) is 7.20. The SMILES string of the molecule is CC(C)(C)c1ccnc(S/C=C\C(=O)c2ccc(Br)cc2)n1. The van der Waals surface area contributed by atoms with Crippen molar-refractivity contribution < 1.29 is 4.79 Å². The highest BCUT2D eigenvalue weighted by atomic mass is 79.9. The van der Waals surface area contributed by atoms with Crippen LogP contribution in [0.25, 0.3) is 0 Å². The third kappa shape index (κ3) is 4.78. The predicted octanol–water partition coefficient (Wildman–Crippen LogP) is 5.03. The molecule has 2 aromatic rings. The molecule has 3 nitrogen and oxygen atoms in total. The van der Waals surface area contributed by atoms with Crippen molar-refractivity contribution in [3.05, 3.63) is 63.7 Å². The molecule has 0 aliphatic rings. The first-order valence-corrected chi connectivity index (χ1v) is 8.50. The summed E-state index contributed by atoms with van der Waals surface area (Å²) < 4.78 is 0.954. The molecule has 114 valence electrons. The van der Waals surface area contributed by atoms with Gasteiger partial charge < -0.3 is 0 Å². The number of hydrogen-bond acceptors (Lipinski definition) is 4. The highest BCUT2D eigenvalue weighted by molar-refractivity contribution is 9.10. The fourth-order valence-corrected chi connectivity index (χ4v) is 2.53. The monoisotopic (exact) mass is 376 g/mol. The lowest BCUT2D eigenvalue weighted by Gasteiger charge is -2.17. The molecule has 22 heavy (non-hydrogen) atoms. The van der Waals surface area contributed by atoms with E-state index in [1.54, 1.807) is 29.8 Å². The van der Waals surface area contributed by atoms with Gasteiger partial charge in [0, 0.05) is 21.6 Å². The summed E-state index contributed by atoms with van der Waals surface area (Å²) in [5, 5.41) is 2.37. The minimum atomic E-state index is -0.0352. The molecule has 0 aliphatic heterocycles. The Hall–Kier alpha value is -1.46. The highest BCUT2D eigenvalue weighted by Crippen LogP contribution is 2.22. The molecule has 0 bridgehead atoms. The second-order valence-electron chi connectivity index (χ2n) is 5.77. The molecule has 0 saturated carbocycles. The topological polar surface area (TPSA) is 42.9 Å². The molecule has 1 heterocycles. The van der Waals surface area contributed by atoms with E-state index in [0.717, 1.165) is 10.2 Å². The van der Waals surface area contributed by atoms with Crippen molar-refractivity contribution in [1.82, 2.24) is 9.97 Å². The minimum Gasteiger partial charge on any atom is -0.289 e. The van der Waals surface area contributed by atoms with Gasteiger partial charge in [-0.2, -0.15) is 0 Å². The molecule has 2 rings (SSSR count). The van der Waals surface area contributed by atoms with E-state index in [-0.39, 0.29) is 11.2 Å². The van der Waals surface area contributed by atoms with E-state index in [2.05, 4.69) is 46.7 Å². The fourth-order valence-electron chi connectivity index (χ4n) is 1.68. The molecule has 0 unspecified atom stereocenters. The number of ketones is 1. The van der Waals surface area contributed by atoms with Gasteiger partial charge in [-0.05, 0) is 41.8 Å². The van der Waals surface area contributed by atoms with Gasteiger partial charge in [0.25, 0.3) is 0 Å². The van der Waals surface area contributed by atoms with Crippen LogP contribution in [-0.2, 0) is 5.41 Å². The van der Waals surface area contributed by atoms with E-state index in [9.17, 15) is 4.79 Å². The second-order valence-corrected chi connectivity index (χ2v) is 7.55. The van der Waals surface area contributed by atoms with Gasteiger partial charge in [-0.1, -0.05) is 48.5 Å². The van der Waals surface area contributed by atoms with Crippen molar-refractivity contribution in [2.24, 2.45) is 0 Å². The van der Waals surface area contributed by atoms with Crippen LogP contribution in [0.15, 0.2) is 57.6 Å². The summed E-state index contributed by atoms with van der Waals surface area (Å²) in [6.07, 6.45) is 3.29. The van der Waals surface area contributed by atoms with E-state index >= 15 is 0 Å². The third-order valence-corrected chi connectivity index (χ3v) is 4.13. The zero-order chi connectivity index (χ0) is 16.2. The van der Waals surface area contributed by atoms with Gasteiger partial charge in [-0.3, -0.25) is 4.79 Å². The van der Waals surface area contributed by atoms with Gasteiger partial charge in [0.1, 0.15) is 0 Å². The van der Waals surface area contributed by atoms with Crippen LogP contribution in [0.3, 0.4) is 0 Å². The number of rotatable bonds is 4. The van der Waals surface area contributed by atoms with Gasteiger partial charge in [0.2, 0.25) is 0 Å². The largest absolute Gasteiger partial charge is 0.289 e. The minimum absolute atomic E-state index is 0.0186. The Labute approximate surface area is 143 Å². The smallest absolute Gasteiger partial charge is 0.192 e. The van der Waals surface area contributed by atoms with Crippen molar-refractivity contribution in [3.8, 4) is 0 Å². The lowest BCUT2D eigenvalue weighted by molar-refractivity contribution is 0.104. The van der Waals surface area contributed by atoms with Crippen molar-refractivity contribution in [2.45, 2.75) is 31.3 Å². The van der Waals surface area contributed by atoms with Crippen LogP contribution < -0.4 is 0 Å². The number of carbonyl (C=O) groups excluding carboxylic acids is 1. The number of nitrogens with zero attached hydrogens (tertiary/aromatic N) is 2. The Bertz CT molecular complexity index is 691. The predicted molar refractivity (Wildman–Crippen MR) is 94.2 cm³/mol. The van der Waals surface area contributed by atoms with Gasteiger partial charge in [0.15, 0.2) is 10.9 Å². The van der Waals surface area contributed by atoms with E-state index in [1.165, 1.54) is 11.8 Å². The van der Waals surface area contributed by atoms with Crippen molar-refractivity contribution in [3.63, 3.8) is 0 Å². The van der Waals surface area contributed by atoms with Crippen molar-refractivity contribution in [2.75, 3.05) is 0 Å². The summed E-state index contributed by atoms with van der Waals surface area (Å²) in [7, 11) is 0. The Morgan fingerprint density at radius 3 is 2.50 bits per heavy atom. The summed E-state index contributed by atoms with van der Waals surface area (Å²) in [6, 6.07) is 9.20. The number of allylic oxidation sites excluding steroid dienone is 1. The first-order valence-electron chi connectivity index (χ1n) is 6.83. The first kappa shape index (κ1) is 16.9. The van der Waals surface area contributed by atoms with E-state index in [4.69, 9.17) is 0 Å². The molecule has 0 N–H and O–H groups in total.